The van der Waals surface area contributed by atoms with Gasteiger partial charge in [-0.2, -0.15) is 0 Å². The number of hydrogen-bond acceptors (Lipinski definition) is 2. The maximum absolute atomic E-state index is 12.3. The Morgan fingerprint density at radius 2 is 1.94 bits per heavy atom. The summed E-state index contributed by atoms with van der Waals surface area (Å²) in [5, 5.41) is 2.82. The third-order valence-electron chi connectivity index (χ3n) is 3.07. The number of carbonyl (C=O) groups excluding carboxylic acids is 2. The highest BCUT2D eigenvalue weighted by Crippen LogP contribution is 2.22. The molecule has 1 heterocycles. The first-order chi connectivity index (χ1) is 7.79. The molecule has 1 aliphatic heterocycles. The van der Waals surface area contributed by atoms with Crippen LogP contribution < -0.4 is 5.32 Å². The number of amides is 2. The van der Waals surface area contributed by atoms with Crippen LogP contribution in [0.5, 0.6) is 0 Å². The Balaban J connectivity index is 2.94. The normalized spacial score (nSPS) is 24.1. The number of nitrogens with one attached hydrogen (secondary N) is 1. The maximum atomic E-state index is 12.3. The van der Waals surface area contributed by atoms with Crippen molar-refractivity contribution in [2.45, 2.75) is 59.0 Å². The summed E-state index contributed by atoms with van der Waals surface area (Å²) < 4.78 is 0. The van der Waals surface area contributed by atoms with Gasteiger partial charge in [-0.25, -0.2) is 0 Å². The van der Waals surface area contributed by atoms with Crippen LogP contribution in [0, 0.1) is 5.92 Å². The lowest BCUT2D eigenvalue weighted by Gasteiger charge is -2.43. The molecule has 0 aliphatic carbocycles. The van der Waals surface area contributed by atoms with Crippen molar-refractivity contribution in [3.05, 3.63) is 0 Å². The number of rotatable bonds is 4. The molecular formula is C13H24N2O2. The van der Waals surface area contributed by atoms with Crippen LogP contribution >= 0.6 is 0 Å². The lowest BCUT2D eigenvalue weighted by Crippen LogP contribution is -2.68. The van der Waals surface area contributed by atoms with Gasteiger partial charge in [0.1, 0.15) is 11.6 Å². The van der Waals surface area contributed by atoms with E-state index in [1.54, 1.807) is 18.7 Å². The third-order valence-corrected chi connectivity index (χ3v) is 3.07. The van der Waals surface area contributed by atoms with Crippen molar-refractivity contribution in [3.8, 4) is 0 Å². The van der Waals surface area contributed by atoms with Gasteiger partial charge in [0, 0.05) is 6.54 Å². The first kappa shape index (κ1) is 14.0. The molecule has 1 unspecified atom stereocenters. The largest absolute Gasteiger partial charge is 0.340 e. The minimum absolute atomic E-state index is 0.0169. The average molecular weight is 240 g/mol. The molecule has 1 saturated heterocycles. The lowest BCUT2D eigenvalue weighted by molar-refractivity contribution is -0.154. The standard InChI is InChI=1S/C13H24N2O2/c1-6-7-15-10(8-9(2)3)11(16)14-13(4,5)12(15)17/h9-10H,6-8H2,1-5H3,(H,14,16). The topological polar surface area (TPSA) is 49.4 Å². The number of carbonyl (C=O) groups is 2. The summed E-state index contributed by atoms with van der Waals surface area (Å²) in [5.74, 6) is 0.417. The Bertz CT molecular complexity index is 311. The van der Waals surface area contributed by atoms with E-state index in [0.717, 1.165) is 12.8 Å². The van der Waals surface area contributed by atoms with Gasteiger partial charge in [-0.3, -0.25) is 9.59 Å². The molecular weight excluding hydrogens is 216 g/mol. The first-order valence-electron chi connectivity index (χ1n) is 6.42. The van der Waals surface area contributed by atoms with Crippen molar-refractivity contribution in [1.29, 1.82) is 0 Å². The molecule has 0 spiro atoms. The second-order valence-corrected chi connectivity index (χ2v) is 5.76. The zero-order valence-corrected chi connectivity index (χ0v) is 11.5. The van der Waals surface area contributed by atoms with E-state index in [1.807, 2.05) is 6.92 Å². The van der Waals surface area contributed by atoms with Crippen LogP contribution in [0.15, 0.2) is 0 Å². The molecule has 1 fully saturated rings. The molecule has 98 valence electrons. The lowest BCUT2D eigenvalue weighted by atomic mass is 9.92. The Labute approximate surface area is 104 Å². The van der Waals surface area contributed by atoms with Gasteiger partial charge < -0.3 is 10.2 Å². The van der Waals surface area contributed by atoms with Gasteiger partial charge in [0.2, 0.25) is 11.8 Å². The highest BCUT2D eigenvalue weighted by molar-refractivity contribution is 5.99. The number of hydrogen-bond donors (Lipinski definition) is 1. The Morgan fingerprint density at radius 1 is 1.35 bits per heavy atom. The molecule has 0 aromatic rings. The van der Waals surface area contributed by atoms with Crippen LogP contribution in [0.4, 0.5) is 0 Å². The zero-order valence-electron chi connectivity index (χ0n) is 11.5. The van der Waals surface area contributed by atoms with E-state index in [9.17, 15) is 9.59 Å². The summed E-state index contributed by atoms with van der Waals surface area (Å²) in [6.07, 6.45) is 1.61. The smallest absolute Gasteiger partial charge is 0.248 e. The highest BCUT2D eigenvalue weighted by Gasteiger charge is 2.44. The SMILES string of the molecule is CCCN1C(=O)C(C)(C)NC(=O)C1CC(C)C. The predicted octanol–water partition coefficient (Wildman–Crippen LogP) is 1.55. The fraction of sp³-hybridized carbons (Fsp3) is 0.846. The van der Waals surface area contributed by atoms with Gasteiger partial charge in [0.25, 0.3) is 0 Å². The van der Waals surface area contributed by atoms with E-state index in [1.165, 1.54) is 0 Å². The molecule has 0 bridgehead atoms. The van der Waals surface area contributed by atoms with E-state index < -0.39 is 5.54 Å². The van der Waals surface area contributed by atoms with Crippen molar-refractivity contribution >= 4 is 11.8 Å². The summed E-state index contributed by atoms with van der Waals surface area (Å²) in [4.78, 5) is 26.1. The van der Waals surface area contributed by atoms with Gasteiger partial charge >= 0.3 is 0 Å². The van der Waals surface area contributed by atoms with Crippen molar-refractivity contribution in [1.82, 2.24) is 10.2 Å². The van der Waals surface area contributed by atoms with Gasteiger partial charge in [0.05, 0.1) is 0 Å². The second kappa shape index (κ2) is 5.07. The Kier molecular flexibility index (Phi) is 4.17. The predicted molar refractivity (Wildman–Crippen MR) is 67.5 cm³/mol. The molecule has 4 heteroatoms. The summed E-state index contributed by atoms with van der Waals surface area (Å²) >= 11 is 0. The van der Waals surface area contributed by atoms with Crippen LogP contribution in [-0.2, 0) is 9.59 Å². The molecule has 2 amide bonds. The molecule has 1 atom stereocenters. The molecule has 0 aromatic carbocycles. The fourth-order valence-electron chi connectivity index (χ4n) is 2.27. The van der Waals surface area contributed by atoms with E-state index >= 15 is 0 Å². The summed E-state index contributed by atoms with van der Waals surface area (Å²) in [5.41, 5.74) is -0.764. The maximum Gasteiger partial charge on any atom is 0.248 e. The van der Waals surface area contributed by atoms with Crippen molar-refractivity contribution in [2.75, 3.05) is 6.54 Å². The zero-order chi connectivity index (χ0) is 13.2. The molecule has 1 rings (SSSR count). The Morgan fingerprint density at radius 3 is 2.41 bits per heavy atom. The van der Waals surface area contributed by atoms with Crippen molar-refractivity contribution in [2.24, 2.45) is 5.92 Å². The fourth-order valence-corrected chi connectivity index (χ4v) is 2.27. The quantitative estimate of drug-likeness (QED) is 0.810. The molecule has 0 radical (unpaired) electrons. The highest BCUT2D eigenvalue weighted by atomic mass is 16.2. The monoisotopic (exact) mass is 240 g/mol. The second-order valence-electron chi connectivity index (χ2n) is 5.76. The van der Waals surface area contributed by atoms with Crippen LogP contribution in [0.25, 0.3) is 0 Å². The summed E-state index contributed by atoms with van der Waals surface area (Å²) in [6, 6.07) is -0.296. The number of nitrogens with zero attached hydrogens (tertiary/aromatic N) is 1. The van der Waals surface area contributed by atoms with E-state index in [0.29, 0.717) is 12.5 Å². The third kappa shape index (κ3) is 2.99. The molecule has 0 aromatic heterocycles. The molecule has 0 saturated carbocycles. The van der Waals surface area contributed by atoms with Crippen LogP contribution in [0.3, 0.4) is 0 Å². The van der Waals surface area contributed by atoms with Gasteiger partial charge in [0.15, 0.2) is 0 Å². The van der Waals surface area contributed by atoms with Gasteiger partial charge in [-0.1, -0.05) is 20.8 Å². The van der Waals surface area contributed by atoms with Gasteiger partial charge in [-0.05, 0) is 32.6 Å². The van der Waals surface area contributed by atoms with Crippen molar-refractivity contribution in [3.63, 3.8) is 0 Å². The van der Waals surface area contributed by atoms with E-state index in [2.05, 4.69) is 19.2 Å². The van der Waals surface area contributed by atoms with Crippen molar-refractivity contribution < 1.29 is 9.59 Å². The minimum atomic E-state index is -0.764. The van der Waals surface area contributed by atoms with Gasteiger partial charge in [-0.15, -0.1) is 0 Å². The van der Waals surface area contributed by atoms with Crippen LogP contribution in [-0.4, -0.2) is 34.8 Å². The first-order valence-corrected chi connectivity index (χ1v) is 6.42. The molecule has 1 N–H and O–H groups in total. The summed E-state index contributed by atoms with van der Waals surface area (Å²) in [7, 11) is 0. The Hall–Kier alpha value is -1.06. The minimum Gasteiger partial charge on any atom is -0.340 e. The van der Waals surface area contributed by atoms with Crippen LogP contribution in [0.1, 0.15) is 47.5 Å². The molecule has 1 aliphatic rings. The number of piperazine rings is 1. The molecule has 17 heavy (non-hydrogen) atoms. The average Bonchev–Trinajstić information content (AvgIpc) is 2.19. The molecule has 4 nitrogen and oxygen atoms in total. The van der Waals surface area contributed by atoms with E-state index in [-0.39, 0.29) is 17.9 Å². The van der Waals surface area contributed by atoms with Crippen LogP contribution in [0.2, 0.25) is 0 Å². The van der Waals surface area contributed by atoms with E-state index in [4.69, 9.17) is 0 Å². The summed E-state index contributed by atoms with van der Waals surface area (Å²) in [6.45, 7) is 10.4.